The molecule has 2 aromatic rings. The largest absolute Gasteiger partial charge is 0.484 e. The lowest BCUT2D eigenvalue weighted by Crippen LogP contribution is -2.47. The molecular formula is C24H20Cl2F3N3O6S. The molecule has 0 radical (unpaired) electrons. The predicted molar refractivity (Wildman–Crippen MR) is 132 cm³/mol. The van der Waals surface area contributed by atoms with Crippen LogP contribution in [0.2, 0.25) is 10.0 Å². The monoisotopic (exact) mass is 605 g/mol. The van der Waals surface area contributed by atoms with Crippen molar-refractivity contribution in [1.82, 2.24) is 9.80 Å². The fourth-order valence-corrected chi connectivity index (χ4v) is 6.43. The Hall–Kier alpha value is -3.21. The van der Waals surface area contributed by atoms with Crippen LogP contribution in [0.4, 0.5) is 18.0 Å². The van der Waals surface area contributed by atoms with Gasteiger partial charge in [0.15, 0.2) is 22.6 Å². The highest BCUT2D eigenvalue weighted by Gasteiger charge is 2.49. The average molecular weight is 606 g/mol. The summed E-state index contributed by atoms with van der Waals surface area (Å²) in [4.78, 5) is 27.8. The minimum absolute atomic E-state index is 0.0960. The zero-order chi connectivity index (χ0) is 28.5. The van der Waals surface area contributed by atoms with Crippen molar-refractivity contribution in [2.75, 3.05) is 13.2 Å². The Morgan fingerprint density at radius 3 is 2.31 bits per heavy atom. The maximum atomic E-state index is 13.5. The van der Waals surface area contributed by atoms with E-state index in [2.05, 4.69) is 4.74 Å². The first-order valence-electron chi connectivity index (χ1n) is 11.5. The number of nitriles is 1. The number of benzene rings is 2. The summed E-state index contributed by atoms with van der Waals surface area (Å²) < 4.78 is 74.3. The Balaban J connectivity index is 1.59. The summed E-state index contributed by atoms with van der Waals surface area (Å²) in [5.74, 6) is -0.940. The molecule has 2 aromatic carbocycles. The van der Waals surface area contributed by atoms with Crippen molar-refractivity contribution in [3.63, 3.8) is 0 Å². The third kappa shape index (κ3) is 6.69. The van der Waals surface area contributed by atoms with Crippen LogP contribution in [-0.2, 0) is 14.6 Å². The van der Waals surface area contributed by atoms with E-state index < -0.39 is 62.4 Å². The molecule has 1 saturated carbocycles. The second kappa shape index (κ2) is 11.1. The Morgan fingerprint density at radius 2 is 1.74 bits per heavy atom. The molecule has 2 aliphatic rings. The smallest absolute Gasteiger partial charge is 0.422 e. The highest BCUT2D eigenvalue weighted by atomic mass is 35.5. The van der Waals surface area contributed by atoms with Crippen molar-refractivity contribution in [3.8, 4) is 17.7 Å². The van der Waals surface area contributed by atoms with Gasteiger partial charge in [-0.3, -0.25) is 9.69 Å². The summed E-state index contributed by atoms with van der Waals surface area (Å²) in [6.07, 6.45) is -2.97. The number of sulfone groups is 1. The van der Waals surface area contributed by atoms with E-state index in [9.17, 15) is 36.4 Å². The molecule has 15 heteroatoms. The molecule has 1 aliphatic heterocycles. The van der Waals surface area contributed by atoms with Gasteiger partial charge < -0.3 is 9.47 Å². The fourth-order valence-electron chi connectivity index (χ4n) is 4.07. The van der Waals surface area contributed by atoms with Crippen molar-refractivity contribution < 1.29 is 40.7 Å². The van der Waals surface area contributed by atoms with Gasteiger partial charge in [0, 0.05) is 23.7 Å². The van der Waals surface area contributed by atoms with Crippen LogP contribution in [-0.4, -0.2) is 66.9 Å². The number of amides is 2. The van der Waals surface area contributed by atoms with Crippen LogP contribution in [0.15, 0.2) is 47.4 Å². The molecule has 0 aromatic heterocycles. The van der Waals surface area contributed by atoms with E-state index in [4.69, 9.17) is 27.9 Å². The highest BCUT2D eigenvalue weighted by molar-refractivity contribution is 7.92. The van der Waals surface area contributed by atoms with Gasteiger partial charge in [-0.1, -0.05) is 23.2 Å². The minimum Gasteiger partial charge on any atom is -0.484 e. The number of rotatable bonds is 7. The Labute approximate surface area is 231 Å². The first kappa shape index (κ1) is 28.8. The lowest BCUT2D eigenvalue weighted by atomic mass is 10.2. The third-order valence-electron chi connectivity index (χ3n) is 6.11. The molecule has 9 nitrogen and oxygen atoms in total. The molecule has 39 heavy (non-hydrogen) atoms. The molecule has 2 atom stereocenters. The number of ether oxygens (including phenoxy) is 2. The number of hydrogen-bond acceptors (Lipinski definition) is 7. The standard InChI is InChI=1S/C24H20Cl2F3N3O6S/c25-14-1-5-16(6-2-14)38-23(34)31-11-18(10-20(31)22(33)32(13-30)15-3-4-15)39(35,36)21-8-7-17(9-19(21)26)37-12-24(27,28)29/h1-2,5-9,15,18,20H,3-4,10-12H2/t18-,20+/m1/s1. The highest BCUT2D eigenvalue weighted by Crippen LogP contribution is 2.36. The maximum Gasteiger partial charge on any atom is 0.422 e. The van der Waals surface area contributed by atoms with Crippen molar-refractivity contribution in [3.05, 3.63) is 52.5 Å². The zero-order valence-electron chi connectivity index (χ0n) is 19.9. The summed E-state index contributed by atoms with van der Waals surface area (Å²) in [5, 5.41) is 8.17. The van der Waals surface area contributed by atoms with E-state index in [0.717, 1.165) is 28.0 Å². The van der Waals surface area contributed by atoms with Crippen molar-refractivity contribution in [1.29, 1.82) is 5.26 Å². The van der Waals surface area contributed by atoms with Crippen molar-refractivity contribution >= 4 is 45.0 Å². The van der Waals surface area contributed by atoms with Gasteiger partial charge in [-0.05, 0) is 55.7 Å². The zero-order valence-corrected chi connectivity index (χ0v) is 22.2. The number of hydrogen-bond donors (Lipinski definition) is 0. The van der Waals surface area contributed by atoms with E-state index in [1.165, 1.54) is 24.3 Å². The maximum absolute atomic E-state index is 13.5. The van der Waals surface area contributed by atoms with Gasteiger partial charge in [-0.15, -0.1) is 0 Å². The van der Waals surface area contributed by atoms with Crippen LogP contribution in [0.1, 0.15) is 19.3 Å². The first-order chi connectivity index (χ1) is 18.3. The van der Waals surface area contributed by atoms with Gasteiger partial charge in [-0.25, -0.2) is 18.1 Å². The average Bonchev–Trinajstić information content (AvgIpc) is 3.59. The summed E-state index contributed by atoms with van der Waals surface area (Å²) in [5.41, 5.74) is 0. The minimum atomic E-state index is -4.61. The second-order valence-corrected chi connectivity index (χ2v) is 12.0. The SMILES string of the molecule is N#CN(C(=O)[C@@H]1C[C@@H](S(=O)(=O)c2ccc(OCC(F)(F)F)cc2Cl)CN1C(=O)Oc1ccc(Cl)cc1)C1CC1. The summed E-state index contributed by atoms with van der Waals surface area (Å²) >= 11 is 12.0. The lowest BCUT2D eigenvalue weighted by molar-refractivity contribution is -0.153. The Bertz CT molecular complexity index is 1410. The van der Waals surface area contributed by atoms with Crippen LogP contribution in [0.25, 0.3) is 0 Å². The summed E-state index contributed by atoms with van der Waals surface area (Å²) in [7, 11) is -4.31. The third-order valence-corrected chi connectivity index (χ3v) is 8.97. The molecular weight excluding hydrogens is 586 g/mol. The van der Waals surface area contributed by atoms with Gasteiger partial charge in [-0.2, -0.15) is 18.4 Å². The summed E-state index contributed by atoms with van der Waals surface area (Å²) in [6, 6.07) is 7.08. The Kier molecular flexibility index (Phi) is 8.20. The topological polar surface area (TPSA) is 117 Å². The van der Waals surface area contributed by atoms with E-state index in [0.29, 0.717) is 17.9 Å². The first-order valence-corrected chi connectivity index (χ1v) is 13.8. The van der Waals surface area contributed by atoms with Crippen LogP contribution in [0.3, 0.4) is 0 Å². The number of likely N-dealkylation sites (tertiary alicyclic amines) is 1. The molecule has 1 saturated heterocycles. The lowest BCUT2D eigenvalue weighted by Gasteiger charge is -2.25. The number of nitrogens with zero attached hydrogens (tertiary/aromatic N) is 3. The fraction of sp³-hybridized carbons (Fsp3) is 0.375. The van der Waals surface area contributed by atoms with E-state index in [-0.39, 0.29) is 24.0 Å². The van der Waals surface area contributed by atoms with Gasteiger partial charge >= 0.3 is 12.3 Å². The van der Waals surface area contributed by atoms with Gasteiger partial charge in [0.2, 0.25) is 0 Å². The van der Waals surface area contributed by atoms with E-state index >= 15 is 0 Å². The van der Waals surface area contributed by atoms with Gasteiger partial charge in [0.1, 0.15) is 17.5 Å². The van der Waals surface area contributed by atoms with Crippen molar-refractivity contribution in [2.24, 2.45) is 0 Å². The van der Waals surface area contributed by atoms with Crippen LogP contribution in [0, 0.1) is 11.5 Å². The Morgan fingerprint density at radius 1 is 1.10 bits per heavy atom. The van der Waals surface area contributed by atoms with E-state index in [1.807, 2.05) is 0 Å². The van der Waals surface area contributed by atoms with Gasteiger partial charge in [0.05, 0.1) is 15.2 Å². The molecule has 0 bridgehead atoms. The number of alkyl halides is 3. The number of carbonyl (C=O) groups excluding carboxylic acids is 2. The molecule has 1 heterocycles. The molecule has 2 amide bonds. The molecule has 208 valence electrons. The quantitative estimate of drug-likeness (QED) is 0.328. The van der Waals surface area contributed by atoms with Crippen LogP contribution < -0.4 is 9.47 Å². The number of carbonyl (C=O) groups is 2. The molecule has 0 N–H and O–H groups in total. The van der Waals surface area contributed by atoms with E-state index in [1.54, 1.807) is 6.19 Å². The van der Waals surface area contributed by atoms with Crippen LogP contribution >= 0.6 is 23.2 Å². The normalized spacial score (nSPS) is 19.3. The molecule has 4 rings (SSSR count). The molecule has 0 unspecified atom stereocenters. The molecule has 0 spiro atoms. The van der Waals surface area contributed by atoms with Gasteiger partial charge in [0.25, 0.3) is 5.91 Å². The second-order valence-electron chi connectivity index (χ2n) is 8.93. The van der Waals surface area contributed by atoms with Crippen LogP contribution in [0.5, 0.6) is 11.5 Å². The predicted octanol–water partition coefficient (Wildman–Crippen LogP) is 4.82. The summed E-state index contributed by atoms with van der Waals surface area (Å²) in [6.45, 7) is -2.05. The van der Waals surface area contributed by atoms with Crippen molar-refractivity contribution in [2.45, 2.75) is 47.7 Å². The number of halogens is 5. The molecule has 2 fully saturated rings. The molecule has 1 aliphatic carbocycles.